The molecule has 0 bridgehead atoms. The van der Waals surface area contributed by atoms with E-state index in [-0.39, 0.29) is 51.9 Å². The summed E-state index contributed by atoms with van der Waals surface area (Å²) in [5, 5.41) is 14.6. The molecule has 0 amide bonds. The molecule has 7 rings (SSSR count). The highest BCUT2D eigenvalue weighted by atomic mass is 35.5. The molecular formula is C35H33ClFN7O2. The monoisotopic (exact) mass is 637 g/mol. The second-order valence-corrected chi connectivity index (χ2v) is 12.8. The van der Waals surface area contributed by atoms with Gasteiger partial charge in [-0.05, 0) is 75.1 Å². The van der Waals surface area contributed by atoms with Crippen molar-refractivity contribution < 1.29 is 9.13 Å². The summed E-state index contributed by atoms with van der Waals surface area (Å²) in [4.78, 5) is 27.4. The highest BCUT2D eigenvalue weighted by molar-refractivity contribution is 6.35. The van der Waals surface area contributed by atoms with Crippen LogP contribution in [0.1, 0.15) is 45.1 Å². The van der Waals surface area contributed by atoms with Gasteiger partial charge in [-0.25, -0.2) is 19.0 Å². The van der Waals surface area contributed by atoms with Gasteiger partial charge in [0.1, 0.15) is 17.1 Å². The summed E-state index contributed by atoms with van der Waals surface area (Å²) < 4.78 is 25.3. The number of H-pyrrole nitrogens is 1. The number of nitriles is 1. The fourth-order valence-electron chi connectivity index (χ4n) is 7.49. The highest BCUT2D eigenvalue weighted by Crippen LogP contribution is 2.44. The molecule has 0 radical (unpaired) electrons. The van der Waals surface area contributed by atoms with Gasteiger partial charge in [0, 0.05) is 29.1 Å². The van der Waals surface area contributed by atoms with Crippen molar-refractivity contribution in [2.45, 2.75) is 63.3 Å². The molecule has 2 aliphatic heterocycles. The molecule has 9 nitrogen and oxygen atoms in total. The number of nitrogens with one attached hydrogen (secondary N) is 2. The van der Waals surface area contributed by atoms with Gasteiger partial charge in [-0.2, -0.15) is 5.26 Å². The normalized spacial score (nSPS) is 21.0. The predicted molar refractivity (Wildman–Crippen MR) is 178 cm³/mol. The number of ether oxygens (including phenoxy) is 1. The Bertz CT molecular complexity index is 2140. The number of likely N-dealkylation sites (tertiary alicyclic amines) is 1. The molecule has 2 aliphatic rings. The molecule has 0 spiro atoms. The molecule has 4 heterocycles. The van der Waals surface area contributed by atoms with Gasteiger partial charge in [-0.1, -0.05) is 48.0 Å². The molecule has 0 aliphatic carbocycles. The lowest BCUT2D eigenvalue weighted by Crippen LogP contribution is -2.40. The highest BCUT2D eigenvalue weighted by Gasteiger charge is 2.32. The van der Waals surface area contributed by atoms with Crippen LogP contribution in [0.3, 0.4) is 0 Å². The van der Waals surface area contributed by atoms with Gasteiger partial charge in [-0.3, -0.25) is 9.47 Å². The van der Waals surface area contributed by atoms with Crippen LogP contribution in [0.2, 0.25) is 5.02 Å². The first-order valence-electron chi connectivity index (χ1n) is 15.6. The molecule has 234 valence electrons. The van der Waals surface area contributed by atoms with Crippen LogP contribution in [0.5, 0.6) is 5.88 Å². The Balaban J connectivity index is 1.49. The summed E-state index contributed by atoms with van der Waals surface area (Å²) in [7, 11) is 2.06. The molecule has 0 unspecified atom stereocenters. The summed E-state index contributed by atoms with van der Waals surface area (Å²) in [5.41, 5.74) is 1.57. The van der Waals surface area contributed by atoms with Gasteiger partial charge >= 0.3 is 5.69 Å². The number of nitrogens with zero attached hydrogens (tertiary/aromatic N) is 5. The van der Waals surface area contributed by atoms with Crippen LogP contribution in [-0.2, 0) is 0 Å². The Morgan fingerprint density at radius 1 is 1.28 bits per heavy atom. The maximum Gasteiger partial charge on any atom is 0.326 e. The van der Waals surface area contributed by atoms with Gasteiger partial charge in [0.2, 0.25) is 5.88 Å². The van der Waals surface area contributed by atoms with Crippen molar-refractivity contribution in [3.05, 3.63) is 75.2 Å². The average molecular weight is 638 g/mol. The number of hydrogen-bond donors (Lipinski definition) is 2. The first-order chi connectivity index (χ1) is 22.3. The largest absolute Gasteiger partial charge is 0.471 e. The van der Waals surface area contributed by atoms with Crippen LogP contribution >= 0.6 is 11.6 Å². The second-order valence-electron chi connectivity index (χ2n) is 12.4. The third kappa shape index (κ3) is 4.98. The number of benzene rings is 3. The molecule has 5 aromatic rings. The predicted octanol–water partition coefficient (Wildman–Crippen LogP) is 7.11. The van der Waals surface area contributed by atoms with E-state index >= 15 is 4.39 Å². The summed E-state index contributed by atoms with van der Waals surface area (Å²) in [6.07, 6.45) is 3.27. The molecular weight excluding hydrogens is 605 g/mol. The molecule has 2 saturated heterocycles. The van der Waals surface area contributed by atoms with E-state index in [2.05, 4.69) is 33.2 Å². The number of rotatable bonds is 6. The standard InChI is InChI=1S/C35H33ClFN7O2/c1-19(27-11-6-16-43(27)3)46-34-32-33(44(35(45)42-32)22-13-15-40-21(17-22)12-14-38)24-18-25(36)29(30(37)31(24)41-34)23-9-4-7-20-8-5-10-26(39-2)28(20)23/h4-5,7-10,18-19,21-22,27,40H,6,11-13,15-17H2,1,3H3,(H,42,45)/t19-,21+,22-,27-/m0/s1. The second kappa shape index (κ2) is 12.0. The van der Waals surface area contributed by atoms with Gasteiger partial charge in [0.15, 0.2) is 11.5 Å². The molecule has 2 fully saturated rings. The first kappa shape index (κ1) is 30.2. The lowest BCUT2D eigenvalue weighted by Gasteiger charge is -2.30. The van der Waals surface area contributed by atoms with Gasteiger partial charge in [0.05, 0.1) is 29.6 Å². The van der Waals surface area contributed by atoms with Crippen LogP contribution in [0.15, 0.2) is 47.3 Å². The number of aromatic amines is 1. The number of aromatic nitrogens is 3. The molecule has 11 heteroatoms. The SMILES string of the molecule is [C-]#[N+]c1cccc2cccc(-c3c(Cl)cc4c(nc(O[C@@H](C)[C@@H]5CCCN5C)c5[nH]c(=O)n([C@H]6CCN[C@H](CC#N)C6)c54)c3F)c12. The minimum absolute atomic E-state index is 0.0291. The fraction of sp³-hybridized carbons (Fsp3) is 0.371. The number of imidazole rings is 1. The Morgan fingerprint density at radius 2 is 2.09 bits per heavy atom. The Labute approximate surface area is 270 Å². The average Bonchev–Trinajstić information content (AvgIpc) is 3.64. The van der Waals surface area contributed by atoms with Crippen molar-refractivity contribution >= 4 is 50.0 Å². The smallest absolute Gasteiger partial charge is 0.326 e. The van der Waals surface area contributed by atoms with Crippen LogP contribution in [0.25, 0.3) is 48.7 Å². The quantitative estimate of drug-likeness (QED) is 0.192. The van der Waals surface area contributed by atoms with Crippen molar-refractivity contribution in [2.24, 2.45) is 0 Å². The minimum atomic E-state index is -0.653. The Hall–Kier alpha value is -4.48. The molecule has 2 aromatic heterocycles. The Morgan fingerprint density at radius 3 is 2.83 bits per heavy atom. The van der Waals surface area contributed by atoms with Crippen molar-refractivity contribution in [1.29, 1.82) is 5.26 Å². The lowest BCUT2D eigenvalue weighted by atomic mass is 9.95. The van der Waals surface area contributed by atoms with E-state index in [0.29, 0.717) is 58.9 Å². The van der Waals surface area contributed by atoms with Crippen LogP contribution in [0, 0.1) is 23.7 Å². The zero-order valence-corrected chi connectivity index (χ0v) is 26.4. The number of halogens is 2. The van der Waals surface area contributed by atoms with Crippen LogP contribution < -0.4 is 15.7 Å². The zero-order valence-electron chi connectivity index (χ0n) is 25.6. The summed E-state index contributed by atoms with van der Waals surface area (Å²) in [6, 6.07) is 14.6. The number of piperidine rings is 1. The van der Waals surface area contributed by atoms with Gasteiger partial charge in [0.25, 0.3) is 0 Å². The number of hydrogen-bond acceptors (Lipinski definition) is 6. The maximum atomic E-state index is 17.1. The maximum absolute atomic E-state index is 17.1. The van der Waals surface area contributed by atoms with E-state index in [1.165, 1.54) is 0 Å². The van der Waals surface area contributed by atoms with E-state index in [1.807, 2.05) is 25.1 Å². The number of fused-ring (bicyclic) bond motifs is 4. The zero-order chi connectivity index (χ0) is 32.1. The fourth-order valence-corrected chi connectivity index (χ4v) is 7.79. The third-order valence-electron chi connectivity index (χ3n) is 9.66. The van der Waals surface area contributed by atoms with Crippen LogP contribution in [0.4, 0.5) is 10.1 Å². The molecule has 0 saturated carbocycles. The molecule has 46 heavy (non-hydrogen) atoms. The minimum Gasteiger partial charge on any atom is -0.471 e. The lowest BCUT2D eigenvalue weighted by molar-refractivity contribution is 0.118. The van der Waals surface area contributed by atoms with Gasteiger partial charge in [-0.15, -0.1) is 0 Å². The number of likely N-dealkylation sites (N-methyl/N-ethyl adjacent to an activating group) is 1. The van der Waals surface area contributed by atoms with Crippen LogP contribution in [-0.4, -0.2) is 57.8 Å². The van der Waals surface area contributed by atoms with E-state index in [4.69, 9.17) is 27.9 Å². The van der Waals surface area contributed by atoms with Crippen molar-refractivity contribution in [2.75, 3.05) is 20.1 Å². The third-order valence-corrected chi connectivity index (χ3v) is 9.96. The van der Waals surface area contributed by atoms with E-state index < -0.39 is 5.82 Å². The molecule has 3 aromatic carbocycles. The van der Waals surface area contributed by atoms with Gasteiger partial charge < -0.3 is 15.0 Å². The first-order valence-corrected chi connectivity index (χ1v) is 16.0. The van der Waals surface area contributed by atoms with Crippen molar-refractivity contribution in [1.82, 2.24) is 24.8 Å². The van der Waals surface area contributed by atoms with E-state index in [0.717, 1.165) is 24.8 Å². The van der Waals surface area contributed by atoms with Crippen molar-refractivity contribution in [3.8, 4) is 23.1 Å². The van der Waals surface area contributed by atoms with Crippen molar-refractivity contribution in [3.63, 3.8) is 0 Å². The summed E-state index contributed by atoms with van der Waals surface area (Å²) >= 11 is 6.95. The van der Waals surface area contributed by atoms with E-state index in [9.17, 15) is 10.1 Å². The molecule has 2 N–H and O–H groups in total. The summed E-state index contributed by atoms with van der Waals surface area (Å²) in [5.74, 6) is -0.499. The topological polar surface area (TPSA) is 103 Å². The van der Waals surface area contributed by atoms with E-state index in [1.54, 1.807) is 28.8 Å². The molecule has 4 atom stereocenters. The number of pyridine rings is 1. The Kier molecular flexibility index (Phi) is 7.90. The summed E-state index contributed by atoms with van der Waals surface area (Å²) in [6.45, 7) is 11.3.